The lowest BCUT2D eigenvalue weighted by Crippen LogP contribution is -2.46. The van der Waals surface area contributed by atoms with E-state index in [1.165, 1.54) is 19.2 Å². The third-order valence-corrected chi connectivity index (χ3v) is 6.32. The number of aromatic nitrogens is 2. The molecule has 0 spiro atoms. The minimum atomic E-state index is -4.81. The zero-order chi connectivity index (χ0) is 24.3. The first kappa shape index (κ1) is 25.7. The van der Waals surface area contributed by atoms with Crippen molar-refractivity contribution < 1.29 is 36.6 Å². The van der Waals surface area contributed by atoms with E-state index in [4.69, 9.17) is 9.47 Å². The van der Waals surface area contributed by atoms with Crippen LogP contribution in [0.3, 0.4) is 0 Å². The molecule has 1 saturated heterocycles. The average Bonchev–Trinajstić information content (AvgIpc) is 3.02. The molecule has 184 valence electrons. The summed E-state index contributed by atoms with van der Waals surface area (Å²) in [6.07, 6.45) is -3.93. The van der Waals surface area contributed by atoms with E-state index in [9.17, 15) is 32.0 Å². The summed E-state index contributed by atoms with van der Waals surface area (Å²) in [7, 11) is 1.08. The van der Waals surface area contributed by atoms with Gasteiger partial charge in [-0.15, -0.1) is 12.4 Å². The van der Waals surface area contributed by atoms with E-state index >= 15 is 0 Å². The van der Waals surface area contributed by atoms with E-state index < -0.39 is 52.5 Å². The van der Waals surface area contributed by atoms with Crippen molar-refractivity contribution >= 4 is 12.4 Å². The quantitative estimate of drug-likeness (QED) is 0.395. The molecular formula is C22H20ClF5N2O4. The fraction of sp³-hybridized carbons (Fsp3) is 0.364. The summed E-state index contributed by atoms with van der Waals surface area (Å²) in [6.45, 7) is 2.15. The van der Waals surface area contributed by atoms with E-state index in [0.717, 1.165) is 38.4 Å². The maximum absolute atomic E-state index is 14.5. The second-order valence-corrected chi connectivity index (χ2v) is 8.11. The summed E-state index contributed by atoms with van der Waals surface area (Å²) in [6, 6.07) is 4.27. The van der Waals surface area contributed by atoms with E-state index in [2.05, 4.69) is 4.98 Å². The van der Waals surface area contributed by atoms with Gasteiger partial charge in [-0.05, 0) is 19.1 Å². The average molecular weight is 507 g/mol. The number of nitrogens with zero attached hydrogens (tertiary/aromatic N) is 2. The van der Waals surface area contributed by atoms with Gasteiger partial charge in [0.25, 0.3) is 0 Å². The van der Waals surface area contributed by atoms with Crippen molar-refractivity contribution in [3.05, 3.63) is 69.8 Å². The van der Waals surface area contributed by atoms with Crippen LogP contribution in [-0.4, -0.2) is 33.8 Å². The van der Waals surface area contributed by atoms with Crippen LogP contribution in [0, 0.1) is 17.6 Å². The van der Waals surface area contributed by atoms with Gasteiger partial charge >= 0.3 is 6.18 Å². The minimum Gasteiger partial charge on any atom is -0.493 e. The SMILES string of the molecule is COc1c([C@H]2[C@H](c3cc(=O)c4cn(O)ccc-4n3)O[C@@](C)(C(F)(F)F)[C@H]2C)ccc(F)c1F.Cl. The highest BCUT2D eigenvalue weighted by atomic mass is 35.5. The number of methoxy groups -OCH3 is 1. The largest absolute Gasteiger partial charge is 0.493 e. The topological polar surface area (TPSA) is 73.6 Å². The highest BCUT2D eigenvalue weighted by Crippen LogP contribution is 2.59. The van der Waals surface area contributed by atoms with Crippen LogP contribution in [-0.2, 0) is 4.74 Å². The molecule has 1 N–H and O–H groups in total. The summed E-state index contributed by atoms with van der Waals surface area (Å²) >= 11 is 0. The smallest absolute Gasteiger partial charge is 0.417 e. The fourth-order valence-electron chi connectivity index (χ4n) is 4.36. The second kappa shape index (κ2) is 8.70. The Balaban J connectivity index is 0.00000324. The number of ether oxygens (including phenoxy) is 2. The monoisotopic (exact) mass is 506 g/mol. The highest BCUT2D eigenvalue weighted by molar-refractivity contribution is 5.85. The maximum atomic E-state index is 14.5. The molecule has 4 atom stereocenters. The van der Waals surface area contributed by atoms with Crippen LogP contribution in [0.15, 0.2) is 41.5 Å². The van der Waals surface area contributed by atoms with Gasteiger partial charge in [-0.25, -0.2) is 14.1 Å². The van der Waals surface area contributed by atoms with E-state index in [1.54, 1.807) is 0 Å². The number of fused-ring (bicyclic) bond motifs is 1. The molecule has 3 aliphatic heterocycles. The summed E-state index contributed by atoms with van der Waals surface area (Å²) in [4.78, 5) is 16.9. The van der Waals surface area contributed by atoms with Crippen LogP contribution in [0.4, 0.5) is 22.0 Å². The Kier molecular flexibility index (Phi) is 6.57. The summed E-state index contributed by atoms with van der Waals surface area (Å²) < 4.78 is 81.7. The minimum absolute atomic E-state index is 0. The number of hydrogen-bond acceptors (Lipinski definition) is 5. The summed E-state index contributed by atoms with van der Waals surface area (Å²) in [5.74, 6) is -5.58. The van der Waals surface area contributed by atoms with Gasteiger partial charge < -0.3 is 14.7 Å². The number of hydrogen-bond donors (Lipinski definition) is 1. The Bertz CT molecular complexity index is 1250. The molecule has 3 heterocycles. The number of alkyl halides is 3. The molecule has 0 aliphatic carbocycles. The van der Waals surface area contributed by atoms with E-state index in [1.807, 2.05) is 0 Å². The Morgan fingerprint density at radius 3 is 2.53 bits per heavy atom. The predicted molar refractivity (Wildman–Crippen MR) is 113 cm³/mol. The standard InChI is InChI=1S/C22H19F5N2O4.ClH/c1-10-17(11-4-5-13(23)18(24)19(11)32-3)20(33-21(10,2)22(25,26)27)15-8-16(30)12-9-29(31)7-6-14(12)28-15;/h4-10,17,20,31H,1-3H3;1H/t10-,17-,20-,21+;/m0./s1. The van der Waals surface area contributed by atoms with Gasteiger partial charge in [-0.3, -0.25) is 4.79 Å². The molecule has 1 aromatic carbocycles. The molecule has 0 amide bonds. The Morgan fingerprint density at radius 2 is 1.91 bits per heavy atom. The highest BCUT2D eigenvalue weighted by Gasteiger charge is 2.65. The second-order valence-electron chi connectivity index (χ2n) is 8.11. The van der Waals surface area contributed by atoms with Gasteiger partial charge in [0.2, 0.25) is 5.82 Å². The van der Waals surface area contributed by atoms with E-state index in [0.29, 0.717) is 4.73 Å². The van der Waals surface area contributed by atoms with Crippen molar-refractivity contribution in [2.75, 3.05) is 7.11 Å². The number of benzene rings is 1. The van der Waals surface area contributed by atoms with Crippen molar-refractivity contribution in [3.8, 4) is 17.0 Å². The summed E-state index contributed by atoms with van der Waals surface area (Å²) in [5, 5.41) is 9.55. The van der Waals surface area contributed by atoms with Crippen molar-refractivity contribution in [1.82, 2.24) is 9.71 Å². The predicted octanol–water partition coefficient (Wildman–Crippen LogP) is 5.11. The van der Waals surface area contributed by atoms with Gasteiger partial charge in [0.15, 0.2) is 22.6 Å². The number of rotatable bonds is 3. The lowest BCUT2D eigenvalue weighted by molar-refractivity contribution is -0.275. The van der Waals surface area contributed by atoms with Gasteiger partial charge in [-0.1, -0.05) is 13.0 Å². The molecule has 6 nitrogen and oxygen atoms in total. The molecule has 4 rings (SSSR count). The van der Waals surface area contributed by atoms with Gasteiger partial charge in [0.1, 0.15) is 6.10 Å². The molecule has 0 radical (unpaired) electrons. The third kappa shape index (κ3) is 3.86. The van der Waals surface area contributed by atoms with Crippen LogP contribution >= 0.6 is 12.4 Å². The number of halogens is 6. The fourth-order valence-corrected chi connectivity index (χ4v) is 4.36. The first-order valence-corrected chi connectivity index (χ1v) is 9.87. The Morgan fingerprint density at radius 1 is 1.24 bits per heavy atom. The van der Waals surface area contributed by atoms with Gasteiger partial charge in [0, 0.05) is 29.7 Å². The maximum Gasteiger partial charge on any atom is 0.417 e. The molecular weight excluding hydrogens is 487 g/mol. The Hall–Kier alpha value is -2.92. The third-order valence-electron chi connectivity index (χ3n) is 6.32. The molecule has 1 fully saturated rings. The zero-order valence-electron chi connectivity index (χ0n) is 18.1. The molecule has 12 heteroatoms. The Labute approximate surface area is 196 Å². The van der Waals surface area contributed by atoms with Crippen molar-refractivity contribution in [3.63, 3.8) is 0 Å². The summed E-state index contributed by atoms with van der Waals surface area (Å²) in [5.41, 5.74) is -3.28. The van der Waals surface area contributed by atoms with E-state index in [-0.39, 0.29) is 34.9 Å². The van der Waals surface area contributed by atoms with Crippen LogP contribution in [0.5, 0.6) is 5.75 Å². The molecule has 34 heavy (non-hydrogen) atoms. The first-order valence-electron chi connectivity index (χ1n) is 9.87. The van der Waals surface area contributed by atoms with Crippen molar-refractivity contribution in [2.45, 2.75) is 37.6 Å². The molecule has 0 aromatic heterocycles. The zero-order valence-corrected chi connectivity index (χ0v) is 18.9. The van der Waals surface area contributed by atoms with Crippen molar-refractivity contribution in [2.24, 2.45) is 5.92 Å². The van der Waals surface area contributed by atoms with Crippen LogP contribution < -0.4 is 10.2 Å². The molecule has 0 unspecified atom stereocenters. The molecule has 0 bridgehead atoms. The van der Waals surface area contributed by atoms with Crippen LogP contribution in [0.1, 0.15) is 37.1 Å². The number of pyridine rings is 2. The molecule has 1 aromatic rings. The lowest BCUT2D eigenvalue weighted by Gasteiger charge is -2.32. The molecule has 0 saturated carbocycles. The van der Waals surface area contributed by atoms with Crippen LogP contribution in [0.2, 0.25) is 0 Å². The van der Waals surface area contributed by atoms with Gasteiger partial charge in [0.05, 0.1) is 30.3 Å². The van der Waals surface area contributed by atoms with Crippen molar-refractivity contribution in [1.29, 1.82) is 0 Å². The normalized spacial score (nSPS) is 24.8. The first-order chi connectivity index (χ1) is 15.4. The lowest BCUT2D eigenvalue weighted by atomic mass is 9.76. The van der Waals surface area contributed by atoms with Crippen LogP contribution in [0.25, 0.3) is 11.3 Å². The molecule has 3 aliphatic rings. The van der Waals surface area contributed by atoms with Gasteiger partial charge in [-0.2, -0.15) is 17.6 Å².